The van der Waals surface area contributed by atoms with Gasteiger partial charge in [0.2, 0.25) is 0 Å². The molecule has 0 unspecified atom stereocenters. The molecule has 0 spiro atoms. The van der Waals surface area contributed by atoms with Gasteiger partial charge in [0, 0.05) is 6.42 Å². The van der Waals surface area contributed by atoms with E-state index in [9.17, 15) is 4.79 Å². The van der Waals surface area contributed by atoms with Gasteiger partial charge >= 0.3 is 0 Å². The van der Waals surface area contributed by atoms with Gasteiger partial charge in [-0.2, -0.15) is 0 Å². The Balaban J connectivity index is 1.93. The predicted octanol–water partition coefficient (Wildman–Crippen LogP) is 3.78. The first kappa shape index (κ1) is 13.7. The zero-order valence-corrected chi connectivity index (χ0v) is 11.2. The summed E-state index contributed by atoms with van der Waals surface area (Å²) < 4.78 is 11.0. The lowest BCUT2D eigenvalue weighted by molar-refractivity contribution is 0.0968. The first-order valence-electron chi connectivity index (χ1n) is 6.85. The lowest BCUT2D eigenvalue weighted by Gasteiger charge is -2.20. The fraction of sp³-hybridized carbons (Fsp3) is 0.438. The number of allylic oxidation sites excluding steroid dienone is 1. The number of carbonyl (C=O) groups excluding carboxylic acids is 1. The van der Waals surface area contributed by atoms with Crippen LogP contribution in [0, 0.1) is 0 Å². The Bertz CT molecular complexity index is 451. The van der Waals surface area contributed by atoms with Crippen LogP contribution in [-0.2, 0) is 0 Å². The second-order valence-corrected chi connectivity index (χ2v) is 4.64. The molecule has 1 aliphatic heterocycles. The highest BCUT2D eigenvalue weighted by Crippen LogP contribution is 2.34. The number of rotatable bonds is 7. The second kappa shape index (κ2) is 6.98. The van der Waals surface area contributed by atoms with Crippen molar-refractivity contribution in [3.05, 3.63) is 36.4 Å². The molecule has 2 rings (SSSR count). The van der Waals surface area contributed by atoms with Gasteiger partial charge in [-0.25, -0.2) is 0 Å². The number of ether oxygens (including phenoxy) is 2. The summed E-state index contributed by atoms with van der Waals surface area (Å²) in [6.45, 7) is 4.75. The monoisotopic (exact) mass is 260 g/mol. The lowest BCUT2D eigenvalue weighted by Crippen LogP contribution is -2.17. The molecule has 1 aromatic rings. The topological polar surface area (TPSA) is 35.5 Å². The van der Waals surface area contributed by atoms with E-state index in [4.69, 9.17) is 9.47 Å². The Labute approximate surface area is 114 Å². The number of hydrogen-bond donors (Lipinski definition) is 0. The number of para-hydroxylation sites is 1. The Hall–Kier alpha value is -1.77. The van der Waals surface area contributed by atoms with Gasteiger partial charge in [-0.15, -0.1) is 6.58 Å². The molecule has 0 saturated heterocycles. The molecule has 19 heavy (non-hydrogen) atoms. The van der Waals surface area contributed by atoms with Crippen LogP contribution in [0.3, 0.4) is 0 Å². The van der Waals surface area contributed by atoms with Crippen LogP contribution in [0.1, 0.15) is 42.5 Å². The Morgan fingerprint density at radius 1 is 1.21 bits per heavy atom. The van der Waals surface area contributed by atoms with E-state index in [1.54, 1.807) is 0 Å². The molecule has 1 aromatic carbocycles. The number of Topliss-reactive ketones (excluding diaryl/α,β-unsaturated/α-hetero) is 1. The molecule has 1 aliphatic rings. The molecule has 3 nitrogen and oxygen atoms in total. The Morgan fingerprint density at radius 2 is 2.05 bits per heavy atom. The number of benzene rings is 1. The summed E-state index contributed by atoms with van der Waals surface area (Å²) in [5.41, 5.74) is 0.654. The van der Waals surface area contributed by atoms with Crippen LogP contribution in [0.25, 0.3) is 0 Å². The van der Waals surface area contributed by atoms with E-state index in [0.29, 0.717) is 36.7 Å². The molecule has 3 heteroatoms. The van der Waals surface area contributed by atoms with Crippen molar-refractivity contribution in [1.29, 1.82) is 0 Å². The van der Waals surface area contributed by atoms with Gasteiger partial charge in [0.25, 0.3) is 0 Å². The molecule has 0 fully saturated rings. The fourth-order valence-corrected chi connectivity index (χ4v) is 2.18. The van der Waals surface area contributed by atoms with E-state index in [1.165, 1.54) is 0 Å². The standard InChI is InChI=1S/C16H20O3/c1-2-3-4-5-6-9-14(17)13-8-7-10-15-16(13)19-12-11-18-15/h2,7-8,10H,1,3-6,9,11-12H2. The average Bonchev–Trinajstić information content (AvgIpc) is 2.46. The third-order valence-corrected chi connectivity index (χ3v) is 3.18. The molecule has 0 radical (unpaired) electrons. The molecule has 0 bridgehead atoms. The van der Waals surface area contributed by atoms with Gasteiger partial charge in [0.1, 0.15) is 13.2 Å². The van der Waals surface area contributed by atoms with E-state index in [0.717, 1.165) is 25.7 Å². The SMILES string of the molecule is C=CCCCCCC(=O)c1cccc2c1OCCO2. The van der Waals surface area contributed by atoms with Gasteiger partial charge in [0.15, 0.2) is 17.3 Å². The summed E-state index contributed by atoms with van der Waals surface area (Å²) in [5.74, 6) is 1.44. The van der Waals surface area contributed by atoms with Crippen molar-refractivity contribution in [1.82, 2.24) is 0 Å². The van der Waals surface area contributed by atoms with E-state index >= 15 is 0 Å². The van der Waals surface area contributed by atoms with E-state index in [2.05, 4.69) is 6.58 Å². The predicted molar refractivity (Wildman–Crippen MR) is 75.0 cm³/mol. The van der Waals surface area contributed by atoms with Crippen molar-refractivity contribution in [2.45, 2.75) is 32.1 Å². The number of fused-ring (bicyclic) bond motifs is 1. The molecule has 0 aliphatic carbocycles. The minimum Gasteiger partial charge on any atom is -0.486 e. The second-order valence-electron chi connectivity index (χ2n) is 4.64. The Kier molecular flexibility index (Phi) is 5.01. The molecular formula is C16H20O3. The highest BCUT2D eigenvalue weighted by Gasteiger charge is 2.19. The highest BCUT2D eigenvalue weighted by molar-refractivity contribution is 5.99. The van der Waals surface area contributed by atoms with Crippen LogP contribution >= 0.6 is 0 Å². The van der Waals surface area contributed by atoms with E-state index < -0.39 is 0 Å². The molecule has 0 saturated carbocycles. The van der Waals surface area contributed by atoms with Gasteiger partial charge in [-0.3, -0.25) is 4.79 Å². The van der Waals surface area contributed by atoms with Crippen molar-refractivity contribution < 1.29 is 14.3 Å². The maximum Gasteiger partial charge on any atom is 0.172 e. The minimum absolute atomic E-state index is 0.140. The zero-order chi connectivity index (χ0) is 13.5. The number of ketones is 1. The van der Waals surface area contributed by atoms with Gasteiger partial charge in [-0.1, -0.05) is 18.6 Å². The molecule has 0 atom stereocenters. The molecule has 102 valence electrons. The van der Waals surface area contributed by atoms with Crippen LogP contribution < -0.4 is 9.47 Å². The third-order valence-electron chi connectivity index (χ3n) is 3.18. The van der Waals surface area contributed by atoms with Crippen LogP contribution in [-0.4, -0.2) is 19.0 Å². The van der Waals surface area contributed by atoms with Gasteiger partial charge < -0.3 is 9.47 Å². The number of carbonyl (C=O) groups is 1. The Morgan fingerprint density at radius 3 is 2.89 bits per heavy atom. The molecule has 0 amide bonds. The van der Waals surface area contributed by atoms with Crippen molar-refractivity contribution in [2.24, 2.45) is 0 Å². The molecule has 0 aromatic heterocycles. The van der Waals surface area contributed by atoms with Crippen molar-refractivity contribution in [2.75, 3.05) is 13.2 Å². The summed E-state index contributed by atoms with van der Waals surface area (Å²) in [6, 6.07) is 5.51. The normalized spacial score (nSPS) is 13.1. The van der Waals surface area contributed by atoms with Crippen molar-refractivity contribution >= 4 is 5.78 Å². The summed E-state index contributed by atoms with van der Waals surface area (Å²) in [4.78, 5) is 12.2. The smallest absolute Gasteiger partial charge is 0.172 e. The minimum atomic E-state index is 0.140. The van der Waals surface area contributed by atoms with Gasteiger partial charge in [-0.05, 0) is 31.4 Å². The largest absolute Gasteiger partial charge is 0.486 e. The summed E-state index contributed by atoms with van der Waals surface area (Å²) in [5, 5.41) is 0. The average molecular weight is 260 g/mol. The summed E-state index contributed by atoms with van der Waals surface area (Å²) >= 11 is 0. The van der Waals surface area contributed by atoms with Crippen LogP contribution in [0.15, 0.2) is 30.9 Å². The van der Waals surface area contributed by atoms with Crippen LogP contribution in [0.5, 0.6) is 11.5 Å². The number of unbranched alkanes of at least 4 members (excludes halogenated alkanes) is 3. The van der Waals surface area contributed by atoms with Crippen molar-refractivity contribution in [3.63, 3.8) is 0 Å². The maximum atomic E-state index is 12.2. The van der Waals surface area contributed by atoms with E-state index in [1.807, 2.05) is 24.3 Å². The first-order chi connectivity index (χ1) is 9.33. The van der Waals surface area contributed by atoms with Crippen molar-refractivity contribution in [3.8, 4) is 11.5 Å². The fourth-order valence-electron chi connectivity index (χ4n) is 2.18. The third kappa shape index (κ3) is 3.60. The van der Waals surface area contributed by atoms with Crippen LogP contribution in [0.2, 0.25) is 0 Å². The lowest BCUT2D eigenvalue weighted by atomic mass is 10.0. The zero-order valence-electron chi connectivity index (χ0n) is 11.2. The van der Waals surface area contributed by atoms with E-state index in [-0.39, 0.29) is 5.78 Å². The summed E-state index contributed by atoms with van der Waals surface area (Å²) in [7, 11) is 0. The van der Waals surface area contributed by atoms with Crippen LogP contribution in [0.4, 0.5) is 0 Å². The highest BCUT2D eigenvalue weighted by atomic mass is 16.6. The number of hydrogen-bond acceptors (Lipinski definition) is 3. The first-order valence-corrected chi connectivity index (χ1v) is 6.85. The quantitative estimate of drug-likeness (QED) is 0.425. The van der Waals surface area contributed by atoms with Gasteiger partial charge in [0.05, 0.1) is 5.56 Å². The molecule has 0 N–H and O–H groups in total. The molecule has 1 heterocycles. The maximum absolute atomic E-state index is 12.2. The summed E-state index contributed by atoms with van der Waals surface area (Å²) in [6.07, 6.45) is 6.58. The molecular weight excluding hydrogens is 240 g/mol.